The lowest BCUT2D eigenvalue weighted by Crippen LogP contribution is -2.06. The lowest BCUT2D eigenvalue weighted by atomic mass is 10.2. The van der Waals surface area contributed by atoms with Crippen LogP contribution in [0.5, 0.6) is 11.5 Å². The highest BCUT2D eigenvalue weighted by Gasteiger charge is 2.13. The minimum absolute atomic E-state index is 0.267. The largest absolute Gasteiger partial charge is 0.490 e. The molecule has 3 rings (SSSR count). The summed E-state index contributed by atoms with van der Waals surface area (Å²) in [5.41, 5.74) is 5.57. The number of hydrazone groups is 1. The molecule has 4 nitrogen and oxygen atoms in total. The molecular formula is C23H20Cl4N2O2. The number of nitrogens with zero attached hydrogens (tertiary/aromatic N) is 1. The maximum absolute atomic E-state index is 6.47. The molecule has 8 heteroatoms. The second kappa shape index (κ2) is 11.5. The number of benzene rings is 3. The maximum Gasteiger partial charge on any atom is 0.180 e. The van der Waals surface area contributed by atoms with Gasteiger partial charge in [0, 0.05) is 5.02 Å². The van der Waals surface area contributed by atoms with Crippen molar-refractivity contribution in [2.45, 2.75) is 20.1 Å². The van der Waals surface area contributed by atoms with E-state index in [9.17, 15) is 0 Å². The average molecular weight is 498 g/mol. The summed E-state index contributed by atoms with van der Waals surface area (Å²) >= 11 is 24.7. The highest BCUT2D eigenvalue weighted by atomic mass is 35.5. The van der Waals surface area contributed by atoms with Crippen molar-refractivity contribution in [3.8, 4) is 11.5 Å². The Hall–Kier alpha value is -2.11. The smallest absolute Gasteiger partial charge is 0.180 e. The molecule has 0 atom stereocenters. The fourth-order valence-corrected chi connectivity index (χ4v) is 3.54. The van der Waals surface area contributed by atoms with Crippen LogP contribution in [0.15, 0.2) is 59.7 Å². The van der Waals surface area contributed by atoms with Gasteiger partial charge in [-0.3, -0.25) is 0 Å². The Morgan fingerprint density at radius 2 is 1.68 bits per heavy atom. The molecule has 0 heterocycles. The van der Waals surface area contributed by atoms with E-state index < -0.39 is 0 Å². The van der Waals surface area contributed by atoms with Crippen molar-refractivity contribution in [1.29, 1.82) is 0 Å². The van der Waals surface area contributed by atoms with Crippen LogP contribution in [0.3, 0.4) is 0 Å². The third kappa shape index (κ3) is 6.68. The fraction of sp³-hybridized carbons (Fsp3) is 0.174. The van der Waals surface area contributed by atoms with Gasteiger partial charge in [-0.15, -0.1) is 0 Å². The molecule has 31 heavy (non-hydrogen) atoms. The van der Waals surface area contributed by atoms with Crippen molar-refractivity contribution < 1.29 is 9.47 Å². The van der Waals surface area contributed by atoms with Crippen LogP contribution in [0.25, 0.3) is 0 Å². The molecule has 0 spiro atoms. The standard InChI is InChI=1S/C23H20Cl4N2O2/c1-2-30-22-11-16(12-28-29-13-17-5-3-4-6-18(17)24)10-21(27)23(22)31-14-15-7-8-19(25)20(26)9-15/h3-12,29H,2,13-14H2,1H3/b28-12-. The van der Waals surface area contributed by atoms with Gasteiger partial charge < -0.3 is 14.9 Å². The Kier molecular flexibility index (Phi) is 8.73. The average Bonchev–Trinajstić information content (AvgIpc) is 2.74. The predicted molar refractivity (Wildman–Crippen MR) is 129 cm³/mol. The molecule has 0 radical (unpaired) electrons. The Bertz CT molecular complexity index is 1070. The Balaban J connectivity index is 1.70. The first-order valence-corrected chi connectivity index (χ1v) is 11.0. The second-order valence-electron chi connectivity index (χ2n) is 6.48. The predicted octanol–water partition coefficient (Wildman–Crippen LogP) is 7.40. The molecule has 0 aliphatic heterocycles. The van der Waals surface area contributed by atoms with Gasteiger partial charge in [-0.25, -0.2) is 0 Å². The minimum Gasteiger partial charge on any atom is -0.490 e. The van der Waals surface area contributed by atoms with Crippen LogP contribution in [0.2, 0.25) is 20.1 Å². The monoisotopic (exact) mass is 496 g/mol. The molecule has 1 N–H and O–H groups in total. The van der Waals surface area contributed by atoms with Gasteiger partial charge >= 0.3 is 0 Å². The highest BCUT2D eigenvalue weighted by Crippen LogP contribution is 2.37. The van der Waals surface area contributed by atoms with Gasteiger partial charge in [-0.1, -0.05) is 70.7 Å². The summed E-state index contributed by atoms with van der Waals surface area (Å²) in [4.78, 5) is 0. The van der Waals surface area contributed by atoms with Crippen LogP contribution in [0, 0.1) is 0 Å². The van der Waals surface area contributed by atoms with Crippen LogP contribution in [0.4, 0.5) is 0 Å². The van der Waals surface area contributed by atoms with Gasteiger partial charge in [-0.05, 0) is 53.9 Å². The van der Waals surface area contributed by atoms with E-state index >= 15 is 0 Å². The van der Waals surface area contributed by atoms with Crippen molar-refractivity contribution in [3.63, 3.8) is 0 Å². The van der Waals surface area contributed by atoms with Gasteiger partial charge in [0.15, 0.2) is 11.5 Å². The van der Waals surface area contributed by atoms with Crippen molar-refractivity contribution in [3.05, 3.63) is 91.4 Å². The van der Waals surface area contributed by atoms with Crippen LogP contribution in [-0.4, -0.2) is 12.8 Å². The summed E-state index contributed by atoms with van der Waals surface area (Å²) in [6, 6.07) is 16.5. The molecule has 162 valence electrons. The molecule has 0 fully saturated rings. The highest BCUT2D eigenvalue weighted by molar-refractivity contribution is 6.42. The first-order valence-electron chi connectivity index (χ1n) is 9.50. The van der Waals surface area contributed by atoms with Crippen LogP contribution in [0.1, 0.15) is 23.6 Å². The van der Waals surface area contributed by atoms with E-state index in [0.717, 1.165) is 16.7 Å². The normalized spacial score (nSPS) is 11.0. The van der Waals surface area contributed by atoms with Crippen LogP contribution in [-0.2, 0) is 13.2 Å². The zero-order valence-electron chi connectivity index (χ0n) is 16.7. The van der Waals surface area contributed by atoms with Gasteiger partial charge in [0.05, 0.1) is 34.4 Å². The van der Waals surface area contributed by atoms with E-state index in [4.69, 9.17) is 55.9 Å². The van der Waals surface area contributed by atoms with Gasteiger partial charge in [0.25, 0.3) is 0 Å². The summed E-state index contributed by atoms with van der Waals surface area (Å²) < 4.78 is 11.6. The SMILES string of the molecule is CCOc1cc(/C=N\NCc2ccccc2Cl)cc(Cl)c1OCc1ccc(Cl)c(Cl)c1. The van der Waals surface area contributed by atoms with Crippen molar-refractivity contribution >= 4 is 52.6 Å². The Morgan fingerprint density at radius 3 is 2.42 bits per heavy atom. The van der Waals surface area contributed by atoms with E-state index in [1.165, 1.54) is 0 Å². The topological polar surface area (TPSA) is 42.8 Å². The van der Waals surface area contributed by atoms with Gasteiger partial charge in [0.2, 0.25) is 0 Å². The van der Waals surface area contributed by atoms with E-state index in [2.05, 4.69) is 10.5 Å². The first-order chi connectivity index (χ1) is 15.0. The number of hydrogen-bond donors (Lipinski definition) is 1. The summed E-state index contributed by atoms with van der Waals surface area (Å²) in [6.07, 6.45) is 1.66. The van der Waals surface area contributed by atoms with Crippen LogP contribution >= 0.6 is 46.4 Å². The number of nitrogens with one attached hydrogen (secondary N) is 1. The number of halogens is 4. The maximum atomic E-state index is 6.47. The molecule has 0 bridgehead atoms. The van der Waals surface area contributed by atoms with Crippen molar-refractivity contribution in [1.82, 2.24) is 5.43 Å². The number of hydrogen-bond acceptors (Lipinski definition) is 4. The Morgan fingerprint density at radius 1 is 0.871 bits per heavy atom. The molecule has 3 aromatic rings. The van der Waals surface area contributed by atoms with Crippen molar-refractivity contribution in [2.24, 2.45) is 5.10 Å². The molecule has 0 aromatic heterocycles. The molecule has 0 aliphatic rings. The Labute approximate surface area is 201 Å². The zero-order chi connectivity index (χ0) is 22.2. The van der Waals surface area contributed by atoms with Crippen LogP contribution < -0.4 is 14.9 Å². The zero-order valence-corrected chi connectivity index (χ0v) is 19.7. The quantitative estimate of drug-likeness (QED) is 0.247. The van der Waals surface area contributed by atoms with E-state index in [-0.39, 0.29) is 6.61 Å². The summed E-state index contributed by atoms with van der Waals surface area (Å²) in [6.45, 7) is 3.13. The lowest BCUT2D eigenvalue weighted by Gasteiger charge is -2.14. The van der Waals surface area contributed by atoms with Crippen molar-refractivity contribution in [2.75, 3.05) is 6.61 Å². The molecule has 0 unspecified atom stereocenters. The van der Waals surface area contributed by atoms with Gasteiger partial charge in [-0.2, -0.15) is 5.10 Å². The third-order valence-electron chi connectivity index (χ3n) is 4.23. The first kappa shape index (κ1) is 23.6. The molecule has 0 saturated heterocycles. The fourth-order valence-electron chi connectivity index (χ4n) is 2.74. The number of rotatable bonds is 9. The molecule has 0 amide bonds. The summed E-state index contributed by atoms with van der Waals surface area (Å²) in [5.74, 6) is 0.985. The third-order valence-corrected chi connectivity index (χ3v) is 5.62. The van der Waals surface area contributed by atoms with E-state index in [1.807, 2.05) is 43.3 Å². The molecule has 0 saturated carbocycles. The lowest BCUT2D eigenvalue weighted by molar-refractivity contribution is 0.269. The van der Waals surface area contributed by atoms with E-state index in [0.29, 0.717) is 44.7 Å². The van der Waals surface area contributed by atoms with Gasteiger partial charge in [0.1, 0.15) is 6.61 Å². The van der Waals surface area contributed by atoms with E-state index in [1.54, 1.807) is 24.4 Å². The number of ether oxygens (including phenoxy) is 2. The second-order valence-corrected chi connectivity index (χ2v) is 8.11. The molecule has 3 aromatic carbocycles. The minimum atomic E-state index is 0.267. The molecular weight excluding hydrogens is 478 g/mol. The molecule has 0 aliphatic carbocycles. The summed E-state index contributed by atoms with van der Waals surface area (Å²) in [7, 11) is 0. The summed E-state index contributed by atoms with van der Waals surface area (Å²) in [5, 5.41) is 6.31.